The Hall–Kier alpha value is -8.24. The highest BCUT2D eigenvalue weighted by molar-refractivity contribution is 5.89. The molecule has 0 spiro atoms. The Balaban J connectivity index is 0.000000201. The number of fused-ring (bicyclic) bond motifs is 2. The van der Waals surface area contributed by atoms with Crippen molar-refractivity contribution in [3.8, 4) is 22.5 Å². The number of aromatic carboxylic acids is 2. The minimum Gasteiger partial charge on any atom is -0.477 e. The van der Waals surface area contributed by atoms with Crippen LogP contribution < -0.4 is 26.7 Å². The maximum Gasteiger partial charge on any atom is 0.490 e. The molecule has 16 nitrogen and oxygen atoms in total. The number of alkyl halides is 6. The molecule has 4 aliphatic rings. The number of aliphatic carboxylic acids is 2. The number of benzene rings is 4. The standard InChI is InChI=1S/C35H37N3O3.C21H25N3O3.2C2HF3O2/c1-2-26-19-30(35(40)41)34(39)36-33(26)27-13-16-29(17-14-27)37-22-28-15-18-32(31(28)23-37)38(20-24-9-5-3-6-10-24)21-25-11-7-4-8-12-25;1-2-12-9-16(21(26)27)20(25)23-19(12)13-3-6-15(7-4-13)24-10-14-5-8-18(22)17(14)11-24;2*3-2(4,5)1(6)7/h3-14,16-17,19,28,31-32H,2,15,18,20-23H2,1H3,(H,36,39)(H,40,41);3-4,6-7,9,14,17-18H,2,5,8,10-11,22H2,1H3,(H,23,25)(H,26,27);2*(H,6,7)/t28-,31+,32-;14-,17+,18-;;/m11../s1. The molecule has 4 heterocycles. The van der Waals surface area contributed by atoms with Crippen LogP contribution in [0.4, 0.5) is 37.7 Å². The summed E-state index contributed by atoms with van der Waals surface area (Å²) in [7, 11) is 0. The van der Waals surface area contributed by atoms with Gasteiger partial charge in [-0.1, -0.05) is 98.8 Å². The molecule has 6 aromatic rings. The van der Waals surface area contributed by atoms with Gasteiger partial charge >= 0.3 is 36.2 Å². The molecule has 0 bridgehead atoms. The van der Waals surface area contributed by atoms with Crippen LogP contribution in [0.25, 0.3) is 22.5 Å². The molecule has 4 aromatic carbocycles. The number of rotatable bonds is 13. The second kappa shape index (κ2) is 26.6. The molecule has 2 saturated heterocycles. The summed E-state index contributed by atoms with van der Waals surface area (Å²) in [6.45, 7) is 10.00. The van der Waals surface area contributed by atoms with E-state index in [1.165, 1.54) is 53.9 Å². The Labute approximate surface area is 467 Å². The van der Waals surface area contributed by atoms with E-state index in [0.717, 1.165) is 67.9 Å². The number of carbonyl (C=O) groups is 4. The number of halogens is 6. The summed E-state index contributed by atoms with van der Waals surface area (Å²) in [4.78, 5) is 78.1. The summed E-state index contributed by atoms with van der Waals surface area (Å²) in [5, 5.41) is 32.8. The number of nitrogens with zero attached hydrogens (tertiary/aromatic N) is 3. The highest BCUT2D eigenvalue weighted by atomic mass is 19.4. The zero-order valence-electron chi connectivity index (χ0n) is 44.9. The number of aromatic nitrogens is 2. The van der Waals surface area contributed by atoms with Gasteiger partial charge in [0, 0.05) is 62.7 Å². The van der Waals surface area contributed by atoms with E-state index in [-0.39, 0.29) is 11.1 Å². The van der Waals surface area contributed by atoms with E-state index in [9.17, 15) is 50.6 Å². The highest BCUT2D eigenvalue weighted by Crippen LogP contribution is 2.44. The van der Waals surface area contributed by atoms with Crippen LogP contribution in [0.15, 0.2) is 131 Å². The second-order valence-corrected chi connectivity index (χ2v) is 20.8. The van der Waals surface area contributed by atoms with E-state index < -0.39 is 47.3 Å². The Morgan fingerprint density at radius 3 is 1.27 bits per heavy atom. The predicted octanol–water partition coefficient (Wildman–Crippen LogP) is 9.96. The van der Waals surface area contributed by atoms with Crippen molar-refractivity contribution < 1.29 is 65.9 Å². The normalized spacial score (nSPS) is 19.9. The molecular formula is C60H64F6N6O10. The number of H-pyrrole nitrogens is 2. The number of carboxylic acids is 4. The van der Waals surface area contributed by atoms with Gasteiger partial charge in [0.15, 0.2) is 0 Å². The third-order valence-electron chi connectivity index (χ3n) is 15.7. The third kappa shape index (κ3) is 15.2. The lowest BCUT2D eigenvalue weighted by molar-refractivity contribution is -0.193. The van der Waals surface area contributed by atoms with Crippen LogP contribution in [-0.2, 0) is 35.5 Å². The highest BCUT2D eigenvalue weighted by Gasteiger charge is 2.45. The number of aryl methyl sites for hydroxylation is 2. The van der Waals surface area contributed by atoms with Crippen molar-refractivity contribution in [2.24, 2.45) is 29.4 Å². The van der Waals surface area contributed by atoms with Crippen molar-refractivity contribution in [3.63, 3.8) is 0 Å². The number of nitrogens with two attached hydrogens (primary N) is 1. The van der Waals surface area contributed by atoms with Crippen molar-refractivity contribution in [1.29, 1.82) is 0 Å². The number of carboxylic acid groups (broad SMARTS) is 4. The van der Waals surface area contributed by atoms with Gasteiger partial charge in [0.2, 0.25) is 0 Å². The van der Waals surface area contributed by atoms with E-state index in [4.69, 9.17) is 30.6 Å². The second-order valence-electron chi connectivity index (χ2n) is 20.8. The zero-order chi connectivity index (χ0) is 59.6. The number of hydrogen-bond donors (Lipinski definition) is 7. The summed E-state index contributed by atoms with van der Waals surface area (Å²) in [6.07, 6.45) is -4.05. The summed E-state index contributed by atoms with van der Waals surface area (Å²) in [6, 6.07) is 42.0. The summed E-state index contributed by atoms with van der Waals surface area (Å²) in [5.41, 5.74) is 14.6. The molecule has 2 saturated carbocycles. The van der Waals surface area contributed by atoms with E-state index in [1.807, 2.05) is 38.1 Å². The lowest BCUT2D eigenvalue weighted by atomic mass is 9.96. The number of aromatic amines is 2. The predicted molar refractivity (Wildman–Crippen MR) is 296 cm³/mol. The van der Waals surface area contributed by atoms with E-state index in [1.54, 1.807) is 0 Å². The lowest BCUT2D eigenvalue weighted by Crippen LogP contribution is -2.39. The number of hydrogen-bond acceptors (Lipinski definition) is 10. The quantitative estimate of drug-likeness (QED) is 0.0532. The maximum atomic E-state index is 12.4. The maximum absolute atomic E-state index is 12.4. The van der Waals surface area contributed by atoms with Crippen molar-refractivity contribution in [2.75, 3.05) is 36.0 Å². The van der Waals surface area contributed by atoms with E-state index in [2.05, 4.69) is 110 Å². The van der Waals surface area contributed by atoms with Gasteiger partial charge in [-0.2, -0.15) is 26.3 Å². The summed E-state index contributed by atoms with van der Waals surface area (Å²) < 4.78 is 63.5. The average molecular weight is 1140 g/mol. The van der Waals surface area contributed by atoms with Crippen LogP contribution in [0.2, 0.25) is 0 Å². The fraction of sp³-hybridized carbons (Fsp3) is 0.367. The van der Waals surface area contributed by atoms with Gasteiger partial charge < -0.3 is 45.9 Å². The van der Waals surface area contributed by atoms with Gasteiger partial charge in [0.1, 0.15) is 11.1 Å². The summed E-state index contributed by atoms with van der Waals surface area (Å²) >= 11 is 0. The Kier molecular flexibility index (Phi) is 19.9. The van der Waals surface area contributed by atoms with Crippen LogP contribution in [0, 0.1) is 23.7 Å². The van der Waals surface area contributed by atoms with Crippen LogP contribution in [0.1, 0.15) is 82.5 Å². The molecule has 0 unspecified atom stereocenters. The summed E-state index contributed by atoms with van der Waals surface area (Å²) in [5.74, 6) is -5.32. The van der Waals surface area contributed by atoms with Crippen molar-refractivity contribution in [2.45, 2.75) is 89.9 Å². The average Bonchev–Trinajstić information content (AvgIpc) is 4.33. The number of anilines is 2. The molecule has 0 amide bonds. The first-order valence-electron chi connectivity index (χ1n) is 26.7. The Morgan fingerprint density at radius 2 is 0.915 bits per heavy atom. The monoisotopic (exact) mass is 1140 g/mol. The largest absolute Gasteiger partial charge is 0.490 e. The molecule has 2 aromatic heterocycles. The smallest absolute Gasteiger partial charge is 0.477 e. The first-order valence-corrected chi connectivity index (χ1v) is 26.7. The first kappa shape index (κ1) is 61.4. The van der Waals surface area contributed by atoms with Gasteiger partial charge in [0.25, 0.3) is 11.1 Å². The minimum absolute atomic E-state index is 0.214. The zero-order valence-corrected chi connectivity index (χ0v) is 44.9. The van der Waals surface area contributed by atoms with Crippen LogP contribution in [0.3, 0.4) is 0 Å². The SMILES string of the molecule is CCc1cc(C(=O)O)c(=O)[nH]c1-c1ccc(N2C[C@H]3CC[C@@H](N(Cc4ccccc4)Cc4ccccc4)[C@H]3C2)cc1.CCc1cc(C(=O)O)c(=O)[nH]c1-c1ccc(N2C[C@H]3CC[C@@H](N)[C@H]3C2)cc1.O=C(O)C(F)(F)F.O=C(O)C(F)(F)F. The van der Waals surface area contributed by atoms with Crippen molar-refractivity contribution in [1.82, 2.24) is 14.9 Å². The van der Waals surface area contributed by atoms with Crippen molar-refractivity contribution >= 4 is 35.3 Å². The molecule has 2 aliphatic carbocycles. The fourth-order valence-electron chi connectivity index (χ4n) is 11.6. The number of pyridine rings is 2. The van der Waals surface area contributed by atoms with E-state index in [0.29, 0.717) is 60.0 Å². The number of nitrogens with one attached hydrogen (secondary N) is 2. The topological polar surface area (TPSA) is 251 Å². The molecule has 10 rings (SSSR count). The third-order valence-corrected chi connectivity index (χ3v) is 15.7. The molecule has 22 heteroatoms. The molecule has 436 valence electrons. The van der Waals surface area contributed by atoms with Crippen LogP contribution in [-0.4, -0.2) is 110 Å². The fourth-order valence-corrected chi connectivity index (χ4v) is 11.6. The van der Waals surface area contributed by atoms with Gasteiger partial charge in [0.05, 0.1) is 11.4 Å². The molecule has 82 heavy (non-hydrogen) atoms. The molecular weight excluding hydrogens is 1080 g/mol. The Bertz CT molecular complexity index is 3240. The first-order chi connectivity index (χ1) is 38.9. The molecule has 4 fully saturated rings. The van der Waals surface area contributed by atoms with Gasteiger partial charge in [-0.25, -0.2) is 19.2 Å². The van der Waals surface area contributed by atoms with Gasteiger partial charge in [-0.3, -0.25) is 14.5 Å². The van der Waals surface area contributed by atoms with Gasteiger partial charge in [-0.05, 0) is 132 Å². The van der Waals surface area contributed by atoms with E-state index >= 15 is 0 Å². The van der Waals surface area contributed by atoms with Crippen LogP contribution >= 0.6 is 0 Å². The molecule has 2 aliphatic heterocycles. The Morgan fingerprint density at radius 1 is 0.549 bits per heavy atom. The molecule has 6 atom stereocenters. The lowest BCUT2D eigenvalue weighted by Gasteiger charge is -2.33. The molecule has 0 radical (unpaired) electrons. The minimum atomic E-state index is -5.08. The van der Waals surface area contributed by atoms with Gasteiger partial charge in [-0.15, -0.1) is 0 Å². The van der Waals surface area contributed by atoms with Crippen LogP contribution in [0.5, 0.6) is 0 Å². The molecule has 8 N–H and O–H groups in total. The van der Waals surface area contributed by atoms with Crippen molar-refractivity contribution in [3.05, 3.63) is 175 Å².